The number of aliphatic hydroxyl groups is 1. The van der Waals surface area contributed by atoms with Crippen LogP contribution in [0.3, 0.4) is 0 Å². The number of aliphatic hydroxyl groups excluding tert-OH is 1. The Kier molecular flexibility index (Phi) is 5.05. The van der Waals surface area contributed by atoms with Gasteiger partial charge in [-0.2, -0.15) is 0 Å². The molecule has 1 heterocycles. The molecule has 0 fully saturated rings. The summed E-state index contributed by atoms with van der Waals surface area (Å²) in [4.78, 5) is 0.933. The fourth-order valence-electron chi connectivity index (χ4n) is 2.29. The molecule has 108 valence electrons. The van der Waals surface area contributed by atoms with Crippen LogP contribution in [0.2, 0.25) is 5.02 Å². The minimum Gasteiger partial charge on any atom is -0.496 e. The number of halogens is 1. The van der Waals surface area contributed by atoms with Crippen LogP contribution in [-0.2, 0) is 0 Å². The second-order valence-corrected chi connectivity index (χ2v) is 6.03. The van der Waals surface area contributed by atoms with Gasteiger partial charge in [0.05, 0.1) is 13.2 Å². The lowest BCUT2D eigenvalue weighted by atomic mass is 9.91. The topological polar surface area (TPSA) is 55.5 Å². The van der Waals surface area contributed by atoms with E-state index in [4.69, 9.17) is 22.1 Å². The molecule has 0 radical (unpaired) electrons. The summed E-state index contributed by atoms with van der Waals surface area (Å²) in [7, 11) is 1.60. The van der Waals surface area contributed by atoms with Gasteiger partial charge in [0.1, 0.15) is 5.75 Å². The van der Waals surface area contributed by atoms with Crippen LogP contribution >= 0.6 is 22.9 Å². The maximum atomic E-state index is 10.6. The van der Waals surface area contributed by atoms with Crippen molar-refractivity contribution in [3.63, 3.8) is 0 Å². The molecule has 2 unspecified atom stereocenters. The minimum atomic E-state index is -0.660. The molecule has 2 rings (SSSR count). The van der Waals surface area contributed by atoms with E-state index in [0.717, 1.165) is 16.0 Å². The first-order chi connectivity index (χ1) is 9.58. The summed E-state index contributed by atoms with van der Waals surface area (Å²) in [6.07, 6.45) is -0.660. The van der Waals surface area contributed by atoms with Crippen LogP contribution in [0.4, 0.5) is 0 Å². The Morgan fingerprint density at radius 2 is 2.15 bits per heavy atom. The third kappa shape index (κ3) is 2.99. The minimum absolute atomic E-state index is 0.249. The summed E-state index contributed by atoms with van der Waals surface area (Å²) in [6, 6.07) is 7.37. The van der Waals surface area contributed by atoms with Gasteiger partial charge < -0.3 is 15.6 Å². The molecule has 3 N–H and O–H groups in total. The largest absolute Gasteiger partial charge is 0.496 e. The summed E-state index contributed by atoms with van der Waals surface area (Å²) in [5, 5.41) is 13.2. The van der Waals surface area contributed by atoms with E-state index in [0.29, 0.717) is 17.3 Å². The average Bonchev–Trinajstić information content (AvgIpc) is 2.86. The molecule has 2 aromatic rings. The van der Waals surface area contributed by atoms with Crippen LogP contribution in [0.15, 0.2) is 29.6 Å². The Labute approximate surface area is 128 Å². The molecule has 0 aliphatic rings. The molecular formula is C15H18ClNO2S. The van der Waals surface area contributed by atoms with Crippen molar-refractivity contribution in [2.45, 2.75) is 18.9 Å². The number of ether oxygens (including phenoxy) is 1. The molecule has 3 nitrogen and oxygen atoms in total. The maximum absolute atomic E-state index is 10.6. The van der Waals surface area contributed by atoms with Gasteiger partial charge in [-0.15, -0.1) is 11.3 Å². The van der Waals surface area contributed by atoms with Gasteiger partial charge in [0.15, 0.2) is 0 Å². The summed E-state index contributed by atoms with van der Waals surface area (Å²) in [5.41, 5.74) is 7.79. The summed E-state index contributed by atoms with van der Waals surface area (Å²) >= 11 is 7.59. The second kappa shape index (κ2) is 6.59. The van der Waals surface area contributed by atoms with Crippen molar-refractivity contribution in [1.82, 2.24) is 0 Å². The van der Waals surface area contributed by atoms with Crippen molar-refractivity contribution >= 4 is 22.9 Å². The predicted molar refractivity (Wildman–Crippen MR) is 83.8 cm³/mol. The highest BCUT2D eigenvalue weighted by Crippen LogP contribution is 2.39. The molecule has 0 aliphatic heterocycles. The van der Waals surface area contributed by atoms with Crippen LogP contribution in [0.1, 0.15) is 28.0 Å². The first kappa shape index (κ1) is 15.3. The highest BCUT2D eigenvalue weighted by Gasteiger charge is 2.26. The summed E-state index contributed by atoms with van der Waals surface area (Å²) in [6.45, 7) is 2.30. The Morgan fingerprint density at radius 3 is 2.70 bits per heavy atom. The Hall–Kier alpha value is -1.07. The van der Waals surface area contributed by atoms with Gasteiger partial charge in [-0.1, -0.05) is 11.6 Å². The van der Waals surface area contributed by atoms with Crippen LogP contribution < -0.4 is 10.5 Å². The van der Waals surface area contributed by atoms with E-state index in [1.807, 2.05) is 24.4 Å². The van der Waals surface area contributed by atoms with Gasteiger partial charge in [-0.25, -0.2) is 0 Å². The quantitative estimate of drug-likeness (QED) is 0.888. The fourth-order valence-corrected chi connectivity index (χ4v) is 3.45. The van der Waals surface area contributed by atoms with Crippen LogP contribution in [-0.4, -0.2) is 18.8 Å². The summed E-state index contributed by atoms with van der Waals surface area (Å²) < 4.78 is 5.36. The zero-order valence-electron chi connectivity index (χ0n) is 11.5. The zero-order valence-corrected chi connectivity index (χ0v) is 13.0. The van der Waals surface area contributed by atoms with Crippen molar-refractivity contribution in [3.8, 4) is 5.75 Å². The highest BCUT2D eigenvalue weighted by atomic mass is 35.5. The van der Waals surface area contributed by atoms with Gasteiger partial charge in [0.2, 0.25) is 0 Å². The molecule has 0 saturated carbocycles. The van der Waals surface area contributed by atoms with Crippen molar-refractivity contribution in [2.24, 2.45) is 5.73 Å². The number of rotatable bonds is 5. The smallest absolute Gasteiger partial charge is 0.122 e. The number of methoxy groups -OCH3 is 1. The summed E-state index contributed by atoms with van der Waals surface area (Å²) in [5.74, 6) is 0.444. The third-order valence-electron chi connectivity index (χ3n) is 3.40. The van der Waals surface area contributed by atoms with Crippen LogP contribution in [0.25, 0.3) is 0 Å². The molecule has 0 amide bonds. The Morgan fingerprint density at radius 1 is 1.40 bits per heavy atom. The van der Waals surface area contributed by atoms with Gasteiger partial charge in [-0.3, -0.25) is 0 Å². The van der Waals surface area contributed by atoms with Gasteiger partial charge in [0.25, 0.3) is 0 Å². The molecule has 1 aromatic heterocycles. The van der Waals surface area contributed by atoms with E-state index in [2.05, 4.69) is 0 Å². The van der Waals surface area contributed by atoms with E-state index >= 15 is 0 Å². The molecule has 5 heteroatoms. The molecule has 0 bridgehead atoms. The molecule has 0 spiro atoms. The first-order valence-corrected chi connectivity index (χ1v) is 7.59. The van der Waals surface area contributed by atoms with Crippen molar-refractivity contribution in [1.29, 1.82) is 0 Å². The normalized spacial score (nSPS) is 14.1. The molecule has 0 saturated heterocycles. The standard InChI is InChI=1S/C15H18ClNO2S/c1-9-5-6-20-15(9)14(18)12(8-17)11-7-10(16)3-4-13(11)19-2/h3-7,12,14,18H,8,17H2,1-2H3. The van der Waals surface area contributed by atoms with Crippen molar-refractivity contribution in [2.75, 3.05) is 13.7 Å². The number of thiophene rings is 1. The van der Waals surface area contributed by atoms with E-state index < -0.39 is 6.10 Å². The lowest BCUT2D eigenvalue weighted by molar-refractivity contribution is 0.149. The maximum Gasteiger partial charge on any atom is 0.122 e. The van der Waals surface area contributed by atoms with Gasteiger partial charge in [0, 0.05) is 27.9 Å². The van der Waals surface area contributed by atoms with Crippen molar-refractivity contribution < 1.29 is 9.84 Å². The molecule has 0 aliphatic carbocycles. The van der Waals surface area contributed by atoms with Gasteiger partial charge in [-0.05, 0) is 42.1 Å². The zero-order chi connectivity index (χ0) is 14.7. The second-order valence-electron chi connectivity index (χ2n) is 4.64. The van der Waals surface area contributed by atoms with E-state index in [9.17, 15) is 5.11 Å². The van der Waals surface area contributed by atoms with E-state index in [-0.39, 0.29) is 5.92 Å². The lowest BCUT2D eigenvalue weighted by Crippen LogP contribution is -2.20. The first-order valence-electron chi connectivity index (χ1n) is 6.34. The van der Waals surface area contributed by atoms with Crippen LogP contribution in [0.5, 0.6) is 5.75 Å². The average molecular weight is 312 g/mol. The predicted octanol–water partition coefficient (Wildman–Crippen LogP) is 3.49. The van der Waals surface area contributed by atoms with Gasteiger partial charge >= 0.3 is 0 Å². The molecule has 1 aromatic carbocycles. The fraction of sp³-hybridized carbons (Fsp3) is 0.333. The molecule has 2 atom stereocenters. The number of aryl methyl sites for hydroxylation is 1. The Balaban J connectivity index is 2.42. The van der Waals surface area contributed by atoms with E-state index in [1.165, 1.54) is 11.3 Å². The molecule has 20 heavy (non-hydrogen) atoms. The monoisotopic (exact) mass is 311 g/mol. The Bertz CT molecular complexity index is 585. The number of benzene rings is 1. The van der Waals surface area contributed by atoms with Crippen molar-refractivity contribution in [3.05, 3.63) is 50.7 Å². The number of hydrogen-bond acceptors (Lipinski definition) is 4. The number of hydrogen-bond donors (Lipinski definition) is 2. The number of nitrogens with two attached hydrogens (primary N) is 1. The lowest BCUT2D eigenvalue weighted by Gasteiger charge is -2.24. The molecular weight excluding hydrogens is 294 g/mol. The third-order valence-corrected chi connectivity index (χ3v) is 4.72. The van der Waals surface area contributed by atoms with E-state index in [1.54, 1.807) is 19.2 Å². The highest BCUT2D eigenvalue weighted by molar-refractivity contribution is 7.10. The van der Waals surface area contributed by atoms with Crippen LogP contribution in [0, 0.1) is 6.92 Å². The SMILES string of the molecule is COc1ccc(Cl)cc1C(CN)C(O)c1sccc1C.